The molecular formula is C21H15FN2O3. The Morgan fingerprint density at radius 1 is 0.926 bits per heavy atom. The van der Waals surface area contributed by atoms with E-state index in [1.54, 1.807) is 48.6 Å². The summed E-state index contributed by atoms with van der Waals surface area (Å²) in [5.41, 5.74) is 2.05. The van der Waals surface area contributed by atoms with Crippen LogP contribution >= 0.6 is 0 Å². The summed E-state index contributed by atoms with van der Waals surface area (Å²) in [6.45, 7) is 0. The van der Waals surface area contributed by atoms with Crippen LogP contribution in [-0.4, -0.2) is 19.8 Å². The summed E-state index contributed by atoms with van der Waals surface area (Å²) < 4.78 is 14.6. The summed E-state index contributed by atoms with van der Waals surface area (Å²) in [7, 11) is 0. The van der Waals surface area contributed by atoms with E-state index >= 15 is 0 Å². The molecule has 0 radical (unpaired) electrons. The van der Waals surface area contributed by atoms with E-state index in [0.29, 0.717) is 22.2 Å². The van der Waals surface area contributed by atoms with Gasteiger partial charge in [-0.1, -0.05) is 36.4 Å². The summed E-state index contributed by atoms with van der Waals surface area (Å²) in [5.74, 6) is -0.753. The van der Waals surface area contributed by atoms with Crippen LogP contribution in [0.15, 0.2) is 65.5 Å². The molecule has 0 aliphatic heterocycles. The number of phenolic OH excluding ortho intramolecular Hbond substituents is 2. The van der Waals surface area contributed by atoms with Crippen molar-refractivity contribution >= 4 is 23.2 Å². The number of hydrogen-bond donors (Lipinski definition) is 3. The molecule has 4 aromatic rings. The number of nitrogens with one attached hydrogen (secondary N) is 1. The van der Waals surface area contributed by atoms with Gasteiger partial charge in [0.25, 0.3) is 0 Å². The Bertz CT molecular complexity index is 1240. The minimum atomic E-state index is -0.405. The first kappa shape index (κ1) is 16.7. The molecule has 0 amide bonds. The van der Waals surface area contributed by atoms with Crippen LogP contribution in [0.1, 0.15) is 11.1 Å². The van der Waals surface area contributed by atoms with Crippen molar-refractivity contribution in [3.05, 3.63) is 88.1 Å². The molecule has 3 aromatic carbocycles. The van der Waals surface area contributed by atoms with Gasteiger partial charge < -0.3 is 15.2 Å². The number of aromatic nitrogens is 2. The van der Waals surface area contributed by atoms with Gasteiger partial charge in [0.15, 0.2) is 0 Å². The number of rotatable bonds is 3. The topological polar surface area (TPSA) is 78.2 Å². The molecule has 0 aliphatic carbocycles. The largest absolute Gasteiger partial charge is 0.507 e. The smallest absolute Gasteiger partial charge is 0.331 e. The van der Waals surface area contributed by atoms with Gasteiger partial charge in [-0.25, -0.2) is 9.18 Å². The molecule has 27 heavy (non-hydrogen) atoms. The fourth-order valence-electron chi connectivity index (χ4n) is 2.98. The van der Waals surface area contributed by atoms with Gasteiger partial charge in [0.05, 0.1) is 16.7 Å². The molecule has 0 atom stereocenters. The Hall–Kier alpha value is -3.80. The number of benzene rings is 3. The molecular weight excluding hydrogens is 347 g/mol. The van der Waals surface area contributed by atoms with E-state index < -0.39 is 5.69 Å². The van der Waals surface area contributed by atoms with E-state index in [4.69, 9.17) is 0 Å². The van der Waals surface area contributed by atoms with Gasteiger partial charge >= 0.3 is 5.69 Å². The van der Waals surface area contributed by atoms with Gasteiger partial charge in [-0.3, -0.25) is 4.57 Å². The third kappa shape index (κ3) is 3.08. The van der Waals surface area contributed by atoms with Gasteiger partial charge in [0.1, 0.15) is 17.3 Å². The zero-order valence-electron chi connectivity index (χ0n) is 14.1. The summed E-state index contributed by atoms with van der Waals surface area (Å²) in [6.07, 6.45) is 3.23. The number of aromatic hydroxyl groups is 2. The predicted molar refractivity (Wildman–Crippen MR) is 103 cm³/mol. The minimum Gasteiger partial charge on any atom is -0.507 e. The van der Waals surface area contributed by atoms with Crippen LogP contribution in [-0.2, 0) is 0 Å². The van der Waals surface area contributed by atoms with Crippen LogP contribution in [0.4, 0.5) is 4.39 Å². The van der Waals surface area contributed by atoms with E-state index in [1.807, 2.05) is 0 Å². The summed E-state index contributed by atoms with van der Waals surface area (Å²) in [5, 5.41) is 20.4. The molecule has 5 nitrogen and oxygen atoms in total. The second-order valence-electron chi connectivity index (χ2n) is 6.07. The van der Waals surface area contributed by atoms with Gasteiger partial charge in [-0.05, 0) is 35.9 Å². The first-order valence-corrected chi connectivity index (χ1v) is 8.23. The quantitative estimate of drug-likeness (QED) is 0.481. The van der Waals surface area contributed by atoms with E-state index in [2.05, 4.69) is 4.98 Å². The SMILES string of the molecule is O=c1[nH]c2ccccc2n1-c1cc(/C=C/c2cccc(F)c2)c(O)cc1O. The Labute approximate surface area is 153 Å². The lowest BCUT2D eigenvalue weighted by Gasteiger charge is -2.09. The zero-order chi connectivity index (χ0) is 19.0. The predicted octanol–water partition coefficient (Wildman–Crippen LogP) is 4.04. The molecule has 6 heteroatoms. The molecule has 0 bridgehead atoms. The number of fused-ring (bicyclic) bond motifs is 1. The number of nitrogens with zero attached hydrogens (tertiary/aromatic N) is 1. The standard InChI is InChI=1S/C21H15FN2O3/c22-15-5-3-4-13(10-15)8-9-14-11-18(20(26)12-19(14)25)24-17-7-2-1-6-16(17)23-21(24)27/h1-12,25-26H,(H,23,27)/b9-8+. The highest BCUT2D eigenvalue weighted by molar-refractivity contribution is 5.80. The van der Waals surface area contributed by atoms with Crippen molar-refractivity contribution in [1.82, 2.24) is 9.55 Å². The second kappa shape index (κ2) is 6.49. The lowest BCUT2D eigenvalue weighted by Crippen LogP contribution is -2.14. The number of halogens is 1. The van der Waals surface area contributed by atoms with Crippen LogP contribution in [0.2, 0.25) is 0 Å². The molecule has 134 valence electrons. The maximum Gasteiger partial charge on any atom is 0.331 e. The number of H-pyrrole nitrogens is 1. The molecule has 0 fully saturated rings. The Balaban J connectivity index is 1.84. The first-order chi connectivity index (χ1) is 13.0. The fourth-order valence-corrected chi connectivity index (χ4v) is 2.98. The van der Waals surface area contributed by atoms with Crippen molar-refractivity contribution in [3.8, 4) is 17.2 Å². The first-order valence-electron chi connectivity index (χ1n) is 8.23. The third-order valence-corrected chi connectivity index (χ3v) is 4.26. The van der Waals surface area contributed by atoms with Gasteiger partial charge in [-0.15, -0.1) is 0 Å². The number of aromatic amines is 1. The molecule has 0 saturated carbocycles. The highest BCUT2D eigenvalue weighted by Gasteiger charge is 2.14. The van der Waals surface area contributed by atoms with Crippen molar-refractivity contribution in [1.29, 1.82) is 0 Å². The lowest BCUT2D eigenvalue weighted by molar-refractivity contribution is 0.448. The maximum absolute atomic E-state index is 13.3. The van der Waals surface area contributed by atoms with E-state index in [1.165, 1.54) is 28.8 Å². The van der Waals surface area contributed by atoms with Crippen LogP contribution in [0.25, 0.3) is 28.9 Å². The van der Waals surface area contributed by atoms with Crippen molar-refractivity contribution in [2.24, 2.45) is 0 Å². The lowest BCUT2D eigenvalue weighted by atomic mass is 10.1. The van der Waals surface area contributed by atoms with E-state index in [9.17, 15) is 19.4 Å². The Morgan fingerprint density at radius 2 is 1.74 bits per heavy atom. The minimum absolute atomic E-state index is 0.156. The van der Waals surface area contributed by atoms with E-state index in [-0.39, 0.29) is 23.0 Å². The van der Waals surface area contributed by atoms with Gasteiger partial charge in [0, 0.05) is 11.6 Å². The average molecular weight is 362 g/mol. The number of imidazole rings is 1. The number of para-hydroxylation sites is 2. The van der Waals surface area contributed by atoms with Crippen LogP contribution in [0, 0.1) is 5.82 Å². The fraction of sp³-hybridized carbons (Fsp3) is 0. The van der Waals surface area contributed by atoms with Gasteiger partial charge in [-0.2, -0.15) is 0 Å². The van der Waals surface area contributed by atoms with Crippen molar-refractivity contribution in [3.63, 3.8) is 0 Å². The Kier molecular flexibility index (Phi) is 4.01. The molecule has 0 aliphatic rings. The summed E-state index contributed by atoms with van der Waals surface area (Å²) in [6, 6.07) is 15.8. The van der Waals surface area contributed by atoms with Crippen LogP contribution < -0.4 is 5.69 Å². The van der Waals surface area contributed by atoms with Crippen LogP contribution in [0.5, 0.6) is 11.5 Å². The zero-order valence-corrected chi connectivity index (χ0v) is 14.1. The normalized spacial score (nSPS) is 11.4. The molecule has 4 rings (SSSR count). The highest BCUT2D eigenvalue weighted by Crippen LogP contribution is 2.32. The van der Waals surface area contributed by atoms with Crippen LogP contribution in [0.3, 0.4) is 0 Å². The van der Waals surface area contributed by atoms with Crippen molar-refractivity contribution in [2.75, 3.05) is 0 Å². The maximum atomic E-state index is 13.3. The Morgan fingerprint density at radius 3 is 2.56 bits per heavy atom. The average Bonchev–Trinajstić information content (AvgIpc) is 2.97. The third-order valence-electron chi connectivity index (χ3n) is 4.26. The highest BCUT2D eigenvalue weighted by atomic mass is 19.1. The summed E-state index contributed by atoms with van der Waals surface area (Å²) >= 11 is 0. The molecule has 1 heterocycles. The molecule has 3 N–H and O–H groups in total. The van der Waals surface area contributed by atoms with E-state index in [0.717, 1.165) is 0 Å². The second-order valence-corrected chi connectivity index (χ2v) is 6.07. The summed E-state index contributed by atoms with van der Waals surface area (Å²) in [4.78, 5) is 15.1. The number of hydrogen-bond acceptors (Lipinski definition) is 3. The molecule has 0 unspecified atom stereocenters. The molecule has 1 aromatic heterocycles. The van der Waals surface area contributed by atoms with Crippen molar-refractivity contribution < 1.29 is 14.6 Å². The van der Waals surface area contributed by atoms with Crippen molar-refractivity contribution in [2.45, 2.75) is 0 Å². The molecule has 0 saturated heterocycles. The monoisotopic (exact) mass is 362 g/mol. The molecule has 0 spiro atoms. The number of phenols is 2. The van der Waals surface area contributed by atoms with Gasteiger partial charge in [0.2, 0.25) is 0 Å².